The number of esters is 1. The number of methoxy groups -OCH3 is 1. The Balaban J connectivity index is 2.16. The highest BCUT2D eigenvalue weighted by molar-refractivity contribution is 6.37. The van der Waals surface area contributed by atoms with E-state index in [0.29, 0.717) is 17.2 Å². The van der Waals surface area contributed by atoms with Crippen LogP contribution >= 0.6 is 23.2 Å². The van der Waals surface area contributed by atoms with Crippen molar-refractivity contribution in [2.75, 3.05) is 12.4 Å². The van der Waals surface area contributed by atoms with Gasteiger partial charge in [0, 0.05) is 6.07 Å². The summed E-state index contributed by atoms with van der Waals surface area (Å²) in [6.45, 7) is 3.73. The number of hydrogen-bond acceptors (Lipinski definition) is 5. The summed E-state index contributed by atoms with van der Waals surface area (Å²) in [6.07, 6.45) is 10.7. The quantitative estimate of drug-likeness (QED) is 0.320. The van der Waals surface area contributed by atoms with E-state index in [1.807, 2.05) is 19.9 Å². The Bertz CT molecular complexity index is 825. The lowest BCUT2D eigenvalue weighted by molar-refractivity contribution is -0.148. The Morgan fingerprint density at radius 1 is 0.939 bits per heavy atom. The van der Waals surface area contributed by atoms with Gasteiger partial charge in [0.15, 0.2) is 0 Å². The minimum absolute atomic E-state index is 0.111. The van der Waals surface area contributed by atoms with Crippen LogP contribution in [0.1, 0.15) is 78.1 Å². The molecule has 6 nitrogen and oxygen atoms in total. The molecule has 0 bridgehead atoms. The summed E-state index contributed by atoms with van der Waals surface area (Å²) in [7, 11) is 1.29. The van der Waals surface area contributed by atoms with Crippen LogP contribution in [0.3, 0.4) is 0 Å². The molecule has 0 spiro atoms. The molecule has 1 atom stereocenters. The number of ether oxygens (including phenoxy) is 3. The molecule has 1 N–H and O–H groups in total. The first kappa shape index (κ1) is 27.3. The van der Waals surface area contributed by atoms with Crippen molar-refractivity contribution in [3.63, 3.8) is 0 Å². The van der Waals surface area contributed by atoms with Crippen LogP contribution in [0.5, 0.6) is 5.75 Å². The average Bonchev–Trinajstić information content (AvgIpc) is 2.75. The molecule has 2 rings (SSSR count). The molecule has 0 saturated heterocycles. The summed E-state index contributed by atoms with van der Waals surface area (Å²) in [5, 5.41) is 3.16. The van der Waals surface area contributed by atoms with E-state index in [1.165, 1.54) is 44.9 Å². The number of rotatable bonds is 6. The van der Waals surface area contributed by atoms with Gasteiger partial charge in [-0.25, -0.2) is 9.59 Å². The van der Waals surface area contributed by atoms with Crippen molar-refractivity contribution < 1.29 is 23.8 Å². The van der Waals surface area contributed by atoms with Crippen LogP contribution in [0.15, 0.2) is 23.8 Å². The van der Waals surface area contributed by atoms with E-state index in [4.69, 9.17) is 37.4 Å². The summed E-state index contributed by atoms with van der Waals surface area (Å²) < 4.78 is 16.2. The van der Waals surface area contributed by atoms with Gasteiger partial charge in [0.2, 0.25) is 6.10 Å². The van der Waals surface area contributed by atoms with Crippen molar-refractivity contribution in [3.05, 3.63) is 33.8 Å². The molecule has 1 amide bonds. The fourth-order valence-electron chi connectivity index (χ4n) is 3.76. The fourth-order valence-corrected chi connectivity index (χ4v) is 4.23. The minimum Gasteiger partial charge on any atom is -0.489 e. The van der Waals surface area contributed by atoms with E-state index in [2.05, 4.69) is 5.32 Å². The molecular weight excluding hydrogens is 465 g/mol. The van der Waals surface area contributed by atoms with Crippen LogP contribution in [-0.4, -0.2) is 31.4 Å². The predicted octanol–water partition coefficient (Wildman–Crippen LogP) is 7.71. The van der Waals surface area contributed by atoms with Gasteiger partial charge in [0.1, 0.15) is 5.75 Å². The largest absolute Gasteiger partial charge is 0.489 e. The van der Waals surface area contributed by atoms with E-state index in [1.54, 1.807) is 0 Å². The fraction of sp³-hybridized carbons (Fsp3) is 0.600. The monoisotopic (exact) mass is 499 g/mol. The number of halogens is 2. The Hall–Kier alpha value is -1.92. The first-order chi connectivity index (χ1) is 15.8. The molecule has 0 aliphatic heterocycles. The number of hydrogen-bond donors (Lipinski definition) is 1. The Kier molecular flexibility index (Phi) is 11.9. The Morgan fingerprint density at radius 2 is 1.58 bits per heavy atom. The van der Waals surface area contributed by atoms with Crippen LogP contribution in [0.4, 0.5) is 10.5 Å². The van der Waals surface area contributed by atoms with Crippen molar-refractivity contribution in [1.82, 2.24) is 0 Å². The molecule has 184 valence electrons. The van der Waals surface area contributed by atoms with Gasteiger partial charge in [-0.15, -0.1) is 0 Å². The van der Waals surface area contributed by atoms with Crippen molar-refractivity contribution in [1.29, 1.82) is 0 Å². The maximum atomic E-state index is 12.7. The maximum absolute atomic E-state index is 12.7. The summed E-state index contributed by atoms with van der Waals surface area (Å²) in [6, 6.07) is 3.03. The van der Waals surface area contributed by atoms with Gasteiger partial charge >= 0.3 is 12.1 Å². The highest BCUT2D eigenvalue weighted by Gasteiger charge is 2.28. The number of benzene rings is 1. The SMILES string of the molecule is COC(=O)C(OC(=O)Nc1cc(OC(C)C)c(Cl)cc1Cl)C1=CCCCCCCCCCC1. The highest BCUT2D eigenvalue weighted by Crippen LogP contribution is 2.35. The topological polar surface area (TPSA) is 73.9 Å². The zero-order chi connectivity index (χ0) is 24.2. The third-order valence-corrected chi connectivity index (χ3v) is 6.03. The lowest BCUT2D eigenvalue weighted by Gasteiger charge is -2.20. The van der Waals surface area contributed by atoms with Gasteiger partial charge in [0.05, 0.1) is 28.9 Å². The molecule has 1 aromatic rings. The van der Waals surface area contributed by atoms with Gasteiger partial charge < -0.3 is 14.2 Å². The normalized spacial score (nSPS) is 16.6. The van der Waals surface area contributed by atoms with Crippen LogP contribution in [0, 0.1) is 0 Å². The standard InChI is InChI=1S/C25H35Cl2NO5/c1-17(2)32-22-16-21(19(26)15-20(22)27)28-25(30)33-23(24(29)31-3)18-13-11-9-7-5-4-6-8-10-12-14-18/h13,15-17,23H,4-12,14H2,1-3H3,(H,28,30). The summed E-state index contributed by atoms with van der Waals surface area (Å²) >= 11 is 12.4. The second-order valence-corrected chi connectivity index (χ2v) is 9.32. The molecule has 1 aliphatic rings. The van der Waals surface area contributed by atoms with Crippen molar-refractivity contribution in [2.45, 2.75) is 90.3 Å². The molecule has 0 saturated carbocycles. The summed E-state index contributed by atoms with van der Waals surface area (Å²) in [4.78, 5) is 25.3. The van der Waals surface area contributed by atoms with Gasteiger partial charge in [-0.05, 0) is 51.2 Å². The second-order valence-electron chi connectivity index (χ2n) is 8.51. The van der Waals surface area contributed by atoms with E-state index in [-0.39, 0.29) is 16.8 Å². The van der Waals surface area contributed by atoms with Gasteiger partial charge in [0.25, 0.3) is 0 Å². The molecule has 1 aliphatic carbocycles. The number of carbonyl (C=O) groups excluding carboxylic acids is 2. The van der Waals surface area contributed by atoms with Crippen molar-refractivity contribution in [2.24, 2.45) is 0 Å². The third-order valence-electron chi connectivity index (χ3n) is 5.42. The molecule has 1 unspecified atom stereocenters. The van der Waals surface area contributed by atoms with E-state index in [9.17, 15) is 9.59 Å². The van der Waals surface area contributed by atoms with E-state index in [0.717, 1.165) is 37.7 Å². The summed E-state index contributed by atoms with van der Waals surface area (Å²) in [5.74, 6) is -0.215. The lowest BCUT2D eigenvalue weighted by atomic mass is 9.97. The highest BCUT2D eigenvalue weighted by atomic mass is 35.5. The molecule has 0 fully saturated rings. The van der Waals surface area contributed by atoms with Crippen LogP contribution < -0.4 is 10.1 Å². The zero-order valence-corrected chi connectivity index (χ0v) is 21.3. The van der Waals surface area contributed by atoms with Crippen molar-refractivity contribution >= 4 is 41.0 Å². The number of anilines is 1. The Labute approximate surface area is 206 Å². The molecule has 0 radical (unpaired) electrons. The van der Waals surface area contributed by atoms with Crippen LogP contribution in [0.2, 0.25) is 10.0 Å². The summed E-state index contributed by atoms with van der Waals surface area (Å²) in [5.41, 5.74) is 1.06. The number of allylic oxidation sites excluding steroid dienone is 1. The smallest absolute Gasteiger partial charge is 0.412 e. The first-order valence-electron chi connectivity index (χ1n) is 11.7. The molecule has 0 heterocycles. The minimum atomic E-state index is -1.10. The number of amides is 1. The van der Waals surface area contributed by atoms with E-state index >= 15 is 0 Å². The van der Waals surface area contributed by atoms with Gasteiger partial charge in [-0.2, -0.15) is 0 Å². The molecule has 1 aromatic carbocycles. The third kappa shape index (κ3) is 9.46. The van der Waals surface area contributed by atoms with E-state index < -0.39 is 18.2 Å². The molecule has 33 heavy (non-hydrogen) atoms. The number of nitrogens with one attached hydrogen (secondary N) is 1. The maximum Gasteiger partial charge on any atom is 0.412 e. The van der Waals surface area contributed by atoms with Crippen molar-refractivity contribution in [3.8, 4) is 5.75 Å². The zero-order valence-electron chi connectivity index (χ0n) is 19.8. The lowest BCUT2D eigenvalue weighted by Crippen LogP contribution is -2.32. The molecule has 8 heteroatoms. The predicted molar refractivity (Wildman–Crippen MR) is 132 cm³/mol. The first-order valence-corrected chi connectivity index (χ1v) is 12.5. The second kappa shape index (κ2) is 14.4. The van der Waals surface area contributed by atoms with Crippen LogP contribution in [-0.2, 0) is 14.3 Å². The molecular formula is C25H35Cl2NO5. The average molecular weight is 500 g/mol. The molecule has 0 aromatic heterocycles. The van der Waals surface area contributed by atoms with Crippen LogP contribution in [0.25, 0.3) is 0 Å². The van der Waals surface area contributed by atoms with Gasteiger partial charge in [-0.1, -0.05) is 67.8 Å². The van der Waals surface area contributed by atoms with Gasteiger partial charge in [-0.3, -0.25) is 5.32 Å². The number of carbonyl (C=O) groups is 2. The Morgan fingerprint density at radius 3 is 2.21 bits per heavy atom.